The highest BCUT2D eigenvalue weighted by molar-refractivity contribution is 6.01. The third-order valence-electron chi connectivity index (χ3n) is 6.70. The molecule has 5 rings (SSSR count). The average molecular weight is 444 g/mol. The van der Waals surface area contributed by atoms with Gasteiger partial charge in [-0.15, -0.1) is 5.10 Å². The molecule has 33 heavy (non-hydrogen) atoms. The van der Waals surface area contributed by atoms with Crippen molar-refractivity contribution >= 4 is 17.5 Å². The first-order valence-corrected chi connectivity index (χ1v) is 11.4. The second kappa shape index (κ2) is 8.03. The zero-order chi connectivity index (χ0) is 23.2. The van der Waals surface area contributed by atoms with Gasteiger partial charge in [-0.3, -0.25) is 9.48 Å². The number of pyridine rings is 1. The first-order chi connectivity index (χ1) is 15.9. The number of nitrogen functional groups attached to an aromatic ring is 1. The summed E-state index contributed by atoms with van der Waals surface area (Å²) >= 11 is 0. The maximum Gasteiger partial charge on any atom is 0.255 e. The van der Waals surface area contributed by atoms with E-state index in [-0.39, 0.29) is 29.4 Å². The number of fused-ring (bicyclic) bond motifs is 1. The molecular weight excluding hydrogens is 414 g/mol. The zero-order valence-electron chi connectivity index (χ0n) is 19.2. The summed E-state index contributed by atoms with van der Waals surface area (Å²) in [4.78, 5) is 17.3. The van der Waals surface area contributed by atoms with Gasteiger partial charge in [0.25, 0.3) is 5.91 Å². The second-order valence-electron chi connectivity index (χ2n) is 9.34. The highest BCUT2D eigenvalue weighted by Crippen LogP contribution is 2.56. The van der Waals surface area contributed by atoms with E-state index in [1.807, 2.05) is 38.4 Å². The molecule has 1 aromatic carbocycles. The monoisotopic (exact) mass is 443 g/mol. The molecule has 1 aliphatic rings. The number of nitrogens with zero attached hydrogens (tertiary/aromatic N) is 5. The van der Waals surface area contributed by atoms with E-state index >= 15 is 0 Å². The number of rotatable bonds is 7. The maximum absolute atomic E-state index is 13.0. The van der Waals surface area contributed by atoms with Gasteiger partial charge in [0.15, 0.2) is 5.65 Å². The Morgan fingerprint density at radius 1 is 1.21 bits per heavy atom. The van der Waals surface area contributed by atoms with Crippen LogP contribution in [0.15, 0.2) is 55.0 Å². The zero-order valence-corrected chi connectivity index (χ0v) is 19.2. The fraction of sp³-hybridized carbons (Fsp3) is 0.360. The van der Waals surface area contributed by atoms with E-state index in [4.69, 9.17) is 10.8 Å². The van der Waals surface area contributed by atoms with Gasteiger partial charge >= 0.3 is 0 Å². The molecule has 0 radical (unpaired) electrons. The molecule has 0 saturated heterocycles. The summed E-state index contributed by atoms with van der Waals surface area (Å²) in [5, 5.41) is 12.0. The fourth-order valence-corrected chi connectivity index (χ4v) is 4.34. The van der Waals surface area contributed by atoms with Gasteiger partial charge in [0, 0.05) is 29.6 Å². The molecule has 0 aliphatic heterocycles. The maximum atomic E-state index is 13.0. The Kier molecular flexibility index (Phi) is 5.15. The summed E-state index contributed by atoms with van der Waals surface area (Å²) in [6, 6.07) is 12.6. The molecule has 170 valence electrons. The van der Waals surface area contributed by atoms with Crippen LogP contribution in [-0.2, 0) is 0 Å². The summed E-state index contributed by atoms with van der Waals surface area (Å²) in [6.45, 7) is 6.32. The molecule has 3 N–H and O–H groups in total. The molecule has 4 aromatic rings. The molecule has 8 heteroatoms. The number of benzene rings is 1. The fourth-order valence-electron chi connectivity index (χ4n) is 4.34. The lowest BCUT2D eigenvalue weighted by molar-refractivity contribution is 0.0940. The Hall–Kier alpha value is -3.68. The molecule has 8 nitrogen and oxygen atoms in total. The van der Waals surface area contributed by atoms with Crippen molar-refractivity contribution in [2.45, 2.75) is 52.1 Å². The Bertz CT molecular complexity index is 1300. The largest absolute Gasteiger partial charge is 0.366 e. The number of amides is 1. The van der Waals surface area contributed by atoms with Crippen LogP contribution in [0.5, 0.6) is 0 Å². The molecule has 1 aliphatic carbocycles. The minimum absolute atomic E-state index is 0.0511. The molecule has 1 fully saturated rings. The van der Waals surface area contributed by atoms with E-state index in [0.717, 1.165) is 17.5 Å². The molecule has 2 atom stereocenters. The molecule has 1 saturated carbocycles. The molecule has 1 amide bonds. The van der Waals surface area contributed by atoms with Crippen molar-refractivity contribution in [3.8, 4) is 11.1 Å². The Balaban J connectivity index is 1.56. The third-order valence-corrected chi connectivity index (χ3v) is 6.70. The van der Waals surface area contributed by atoms with E-state index in [9.17, 15) is 4.79 Å². The predicted molar refractivity (Wildman–Crippen MR) is 128 cm³/mol. The highest BCUT2D eigenvalue weighted by Gasteiger charge is 2.47. The topological polar surface area (TPSA) is 103 Å². The summed E-state index contributed by atoms with van der Waals surface area (Å²) in [5.41, 5.74) is 9.92. The SMILES string of the molecule is CC[C@H](C)NC(=O)c1cc(-c2cnn(C(c3ccccc3)C3(C)CC3)c2)cn2nc(N)nc12. The van der Waals surface area contributed by atoms with Gasteiger partial charge in [0.2, 0.25) is 5.95 Å². The highest BCUT2D eigenvalue weighted by atomic mass is 16.1. The number of nitrogens with one attached hydrogen (secondary N) is 1. The lowest BCUT2D eigenvalue weighted by Gasteiger charge is -2.24. The number of aromatic nitrogens is 5. The van der Waals surface area contributed by atoms with Crippen LogP contribution in [0.4, 0.5) is 5.95 Å². The Labute approximate surface area is 192 Å². The van der Waals surface area contributed by atoms with Crippen LogP contribution in [0.2, 0.25) is 0 Å². The summed E-state index contributed by atoms with van der Waals surface area (Å²) in [6.07, 6.45) is 8.93. The molecule has 0 spiro atoms. The van der Waals surface area contributed by atoms with E-state index in [1.165, 1.54) is 18.4 Å². The lowest BCUT2D eigenvalue weighted by Crippen LogP contribution is -2.32. The van der Waals surface area contributed by atoms with Crippen LogP contribution in [-0.4, -0.2) is 36.3 Å². The number of carbonyl (C=O) groups is 1. The van der Waals surface area contributed by atoms with Crippen LogP contribution >= 0.6 is 0 Å². The molecule has 3 aromatic heterocycles. The number of hydrogen-bond donors (Lipinski definition) is 2. The van der Waals surface area contributed by atoms with Gasteiger partial charge in [-0.2, -0.15) is 10.1 Å². The summed E-state index contributed by atoms with van der Waals surface area (Å²) in [5.74, 6) is -0.0603. The summed E-state index contributed by atoms with van der Waals surface area (Å²) in [7, 11) is 0. The minimum atomic E-state index is -0.191. The van der Waals surface area contributed by atoms with Crippen molar-refractivity contribution < 1.29 is 4.79 Å². The average Bonchev–Trinajstić information content (AvgIpc) is 3.19. The van der Waals surface area contributed by atoms with Crippen LogP contribution in [0.1, 0.15) is 62.0 Å². The molecule has 0 bridgehead atoms. The van der Waals surface area contributed by atoms with Crippen LogP contribution < -0.4 is 11.1 Å². The second-order valence-corrected chi connectivity index (χ2v) is 9.34. The quantitative estimate of drug-likeness (QED) is 0.448. The van der Waals surface area contributed by atoms with Crippen molar-refractivity contribution in [2.75, 3.05) is 5.73 Å². The number of carbonyl (C=O) groups excluding carboxylic acids is 1. The van der Waals surface area contributed by atoms with Crippen molar-refractivity contribution in [3.63, 3.8) is 0 Å². The normalized spacial score (nSPS) is 16.5. The van der Waals surface area contributed by atoms with Gasteiger partial charge in [-0.1, -0.05) is 44.2 Å². The van der Waals surface area contributed by atoms with Crippen molar-refractivity contribution in [2.24, 2.45) is 5.41 Å². The van der Waals surface area contributed by atoms with Gasteiger partial charge in [-0.25, -0.2) is 4.52 Å². The predicted octanol–water partition coefficient (Wildman–Crippen LogP) is 4.09. The van der Waals surface area contributed by atoms with Crippen LogP contribution in [0.3, 0.4) is 0 Å². The smallest absolute Gasteiger partial charge is 0.255 e. The standard InChI is InChI=1S/C25H29N7O/c1-4-16(2)28-23(33)20-12-18(14-32-22(20)29-24(26)30-32)19-13-27-31(15-19)21(25(3)10-11-25)17-8-6-5-7-9-17/h5-9,12-16,21H,4,10-11H2,1-3H3,(H2,26,30)(H,28,33)/t16-,21?/m0/s1. The van der Waals surface area contributed by atoms with Gasteiger partial charge in [0.05, 0.1) is 17.8 Å². The van der Waals surface area contributed by atoms with E-state index < -0.39 is 0 Å². The van der Waals surface area contributed by atoms with Gasteiger partial charge < -0.3 is 11.1 Å². The molecule has 3 heterocycles. The van der Waals surface area contributed by atoms with Crippen molar-refractivity contribution in [1.82, 2.24) is 29.7 Å². The summed E-state index contributed by atoms with van der Waals surface area (Å²) < 4.78 is 3.63. The number of nitrogens with two attached hydrogens (primary N) is 1. The van der Waals surface area contributed by atoms with E-state index in [0.29, 0.717) is 11.2 Å². The first kappa shape index (κ1) is 21.2. The van der Waals surface area contributed by atoms with Gasteiger partial charge in [-0.05, 0) is 43.2 Å². The lowest BCUT2D eigenvalue weighted by atomic mass is 9.92. The Morgan fingerprint density at radius 2 is 1.97 bits per heavy atom. The number of anilines is 1. The van der Waals surface area contributed by atoms with Crippen LogP contribution in [0.25, 0.3) is 16.8 Å². The van der Waals surface area contributed by atoms with Crippen molar-refractivity contribution in [1.29, 1.82) is 0 Å². The molecule has 1 unspecified atom stereocenters. The van der Waals surface area contributed by atoms with E-state index in [2.05, 4.69) is 57.5 Å². The Morgan fingerprint density at radius 3 is 2.67 bits per heavy atom. The molecular formula is C25H29N7O. The first-order valence-electron chi connectivity index (χ1n) is 11.4. The van der Waals surface area contributed by atoms with Gasteiger partial charge in [0.1, 0.15) is 0 Å². The number of hydrogen-bond acceptors (Lipinski definition) is 5. The third kappa shape index (κ3) is 3.97. The van der Waals surface area contributed by atoms with Crippen LogP contribution in [0, 0.1) is 5.41 Å². The minimum Gasteiger partial charge on any atom is -0.366 e. The van der Waals surface area contributed by atoms with E-state index in [1.54, 1.807) is 4.52 Å². The van der Waals surface area contributed by atoms with Crippen molar-refractivity contribution in [3.05, 3.63) is 66.1 Å².